The Hall–Kier alpha value is -2.22. The molecule has 0 aliphatic carbocycles. The Labute approximate surface area is 142 Å². The van der Waals surface area contributed by atoms with E-state index in [1.165, 1.54) is 6.07 Å². The molecule has 0 saturated carbocycles. The zero-order valence-electron chi connectivity index (χ0n) is 13.5. The molecule has 1 atom stereocenters. The standard InChI is InChI=1S/C20H21FN2O/c21-19-12-15(13-22)6-7-18(19)14-23-10-8-17(9-11-23)20(24)16-4-2-1-3-5-16/h1-7,12,17,20,24H,8-11,14H2/t20-/m0/s1. The highest BCUT2D eigenvalue weighted by Crippen LogP contribution is 2.31. The maximum absolute atomic E-state index is 14.0. The van der Waals surface area contributed by atoms with E-state index in [9.17, 15) is 9.50 Å². The first-order chi connectivity index (χ1) is 11.7. The summed E-state index contributed by atoms with van der Waals surface area (Å²) in [7, 11) is 0. The monoisotopic (exact) mass is 324 g/mol. The molecule has 0 bridgehead atoms. The van der Waals surface area contributed by atoms with Crippen LogP contribution in [0.5, 0.6) is 0 Å². The number of likely N-dealkylation sites (tertiary alicyclic amines) is 1. The molecule has 1 aliphatic rings. The summed E-state index contributed by atoms with van der Waals surface area (Å²) in [6, 6.07) is 16.4. The lowest BCUT2D eigenvalue weighted by molar-refractivity contribution is 0.0565. The van der Waals surface area contributed by atoms with Gasteiger partial charge < -0.3 is 5.11 Å². The lowest BCUT2D eigenvalue weighted by atomic mass is 9.87. The molecule has 124 valence electrons. The second-order valence-electron chi connectivity index (χ2n) is 6.39. The van der Waals surface area contributed by atoms with E-state index < -0.39 is 6.10 Å². The van der Waals surface area contributed by atoms with Crippen molar-refractivity contribution in [3.8, 4) is 6.07 Å². The van der Waals surface area contributed by atoms with Crippen molar-refractivity contribution in [3.05, 3.63) is 71.0 Å². The summed E-state index contributed by atoms with van der Waals surface area (Å²) >= 11 is 0. The van der Waals surface area contributed by atoms with Gasteiger partial charge in [0.15, 0.2) is 0 Å². The van der Waals surface area contributed by atoms with E-state index in [4.69, 9.17) is 5.26 Å². The van der Waals surface area contributed by atoms with E-state index >= 15 is 0 Å². The second-order valence-corrected chi connectivity index (χ2v) is 6.39. The van der Waals surface area contributed by atoms with Gasteiger partial charge in [-0.05, 0) is 49.5 Å². The first kappa shape index (κ1) is 16.6. The minimum Gasteiger partial charge on any atom is -0.388 e. The van der Waals surface area contributed by atoms with Gasteiger partial charge in [0.05, 0.1) is 17.7 Å². The highest BCUT2D eigenvalue weighted by Gasteiger charge is 2.26. The molecule has 1 aliphatic heterocycles. The number of halogens is 1. The van der Waals surface area contributed by atoms with Gasteiger partial charge in [-0.25, -0.2) is 4.39 Å². The molecule has 0 amide bonds. The van der Waals surface area contributed by atoms with Crippen LogP contribution in [0, 0.1) is 23.1 Å². The number of rotatable bonds is 4. The average Bonchev–Trinajstić information content (AvgIpc) is 2.64. The van der Waals surface area contributed by atoms with Crippen molar-refractivity contribution >= 4 is 0 Å². The highest BCUT2D eigenvalue weighted by molar-refractivity contribution is 5.32. The van der Waals surface area contributed by atoms with Crippen LogP contribution in [-0.4, -0.2) is 23.1 Å². The third kappa shape index (κ3) is 3.81. The zero-order chi connectivity index (χ0) is 16.9. The molecule has 1 saturated heterocycles. The van der Waals surface area contributed by atoms with Gasteiger partial charge in [0, 0.05) is 12.1 Å². The molecule has 1 N–H and O–H groups in total. The predicted octanol–water partition coefficient (Wildman–Crippen LogP) is 3.64. The van der Waals surface area contributed by atoms with E-state index in [2.05, 4.69) is 4.90 Å². The van der Waals surface area contributed by atoms with Crippen LogP contribution < -0.4 is 0 Å². The molecule has 3 rings (SSSR count). The molecular formula is C20H21FN2O. The number of nitriles is 1. The first-order valence-corrected chi connectivity index (χ1v) is 8.31. The molecule has 0 unspecified atom stereocenters. The zero-order valence-corrected chi connectivity index (χ0v) is 13.5. The summed E-state index contributed by atoms with van der Waals surface area (Å²) < 4.78 is 14.0. The number of benzene rings is 2. The summed E-state index contributed by atoms with van der Waals surface area (Å²) in [5.41, 5.74) is 1.94. The largest absolute Gasteiger partial charge is 0.388 e. The van der Waals surface area contributed by atoms with Crippen molar-refractivity contribution in [2.45, 2.75) is 25.5 Å². The molecule has 0 spiro atoms. The number of hydrogen-bond acceptors (Lipinski definition) is 3. The SMILES string of the molecule is N#Cc1ccc(CN2CCC([C@@H](O)c3ccccc3)CC2)c(F)c1. The summed E-state index contributed by atoms with van der Waals surface area (Å²) in [5.74, 6) is -0.0741. The van der Waals surface area contributed by atoms with E-state index in [1.807, 2.05) is 36.4 Å². The average molecular weight is 324 g/mol. The van der Waals surface area contributed by atoms with Gasteiger partial charge in [-0.1, -0.05) is 36.4 Å². The van der Waals surface area contributed by atoms with Gasteiger partial charge >= 0.3 is 0 Å². The third-order valence-corrected chi connectivity index (χ3v) is 4.80. The van der Waals surface area contributed by atoms with Crippen LogP contribution in [0.3, 0.4) is 0 Å². The molecule has 0 radical (unpaired) electrons. The maximum atomic E-state index is 14.0. The number of hydrogen-bond donors (Lipinski definition) is 1. The third-order valence-electron chi connectivity index (χ3n) is 4.80. The van der Waals surface area contributed by atoms with Crippen molar-refractivity contribution in [2.75, 3.05) is 13.1 Å². The highest BCUT2D eigenvalue weighted by atomic mass is 19.1. The number of aliphatic hydroxyl groups is 1. The van der Waals surface area contributed by atoms with Crippen LogP contribution in [0.15, 0.2) is 48.5 Å². The van der Waals surface area contributed by atoms with Gasteiger partial charge in [-0.15, -0.1) is 0 Å². The molecular weight excluding hydrogens is 303 g/mol. The smallest absolute Gasteiger partial charge is 0.129 e. The molecule has 2 aromatic carbocycles. The topological polar surface area (TPSA) is 47.3 Å². The lowest BCUT2D eigenvalue weighted by Crippen LogP contribution is -2.35. The number of aliphatic hydroxyl groups excluding tert-OH is 1. The predicted molar refractivity (Wildman–Crippen MR) is 90.5 cm³/mol. The Morgan fingerprint density at radius 3 is 2.50 bits per heavy atom. The van der Waals surface area contributed by atoms with Crippen LogP contribution in [-0.2, 0) is 6.54 Å². The molecule has 1 heterocycles. The Kier molecular flexibility index (Phi) is 5.24. The van der Waals surface area contributed by atoms with E-state index in [0.717, 1.165) is 31.5 Å². The molecule has 2 aromatic rings. The Morgan fingerprint density at radius 1 is 1.17 bits per heavy atom. The summed E-state index contributed by atoms with van der Waals surface area (Å²) in [4.78, 5) is 2.21. The Bertz CT molecular complexity index is 718. The molecule has 1 fully saturated rings. The van der Waals surface area contributed by atoms with Gasteiger partial charge in [-0.2, -0.15) is 5.26 Å². The molecule has 3 nitrogen and oxygen atoms in total. The number of nitrogens with zero attached hydrogens (tertiary/aromatic N) is 2. The lowest BCUT2D eigenvalue weighted by Gasteiger charge is -2.34. The summed E-state index contributed by atoms with van der Waals surface area (Å²) in [6.45, 7) is 2.23. The maximum Gasteiger partial charge on any atom is 0.129 e. The van der Waals surface area contributed by atoms with Gasteiger partial charge in [-0.3, -0.25) is 4.90 Å². The fourth-order valence-corrected chi connectivity index (χ4v) is 3.34. The Morgan fingerprint density at radius 2 is 1.88 bits per heavy atom. The van der Waals surface area contributed by atoms with Crippen LogP contribution in [0.4, 0.5) is 4.39 Å². The second kappa shape index (κ2) is 7.57. The minimum absolute atomic E-state index is 0.245. The van der Waals surface area contributed by atoms with Crippen LogP contribution in [0.25, 0.3) is 0 Å². The van der Waals surface area contributed by atoms with E-state index in [0.29, 0.717) is 17.7 Å². The molecule has 0 aromatic heterocycles. The van der Waals surface area contributed by atoms with Crippen molar-refractivity contribution in [2.24, 2.45) is 5.92 Å². The van der Waals surface area contributed by atoms with Crippen LogP contribution in [0.1, 0.15) is 35.6 Å². The van der Waals surface area contributed by atoms with E-state index in [1.54, 1.807) is 12.1 Å². The van der Waals surface area contributed by atoms with Crippen LogP contribution >= 0.6 is 0 Å². The van der Waals surface area contributed by atoms with E-state index in [-0.39, 0.29) is 11.7 Å². The van der Waals surface area contributed by atoms with Gasteiger partial charge in [0.1, 0.15) is 5.82 Å². The van der Waals surface area contributed by atoms with Crippen molar-refractivity contribution in [3.63, 3.8) is 0 Å². The van der Waals surface area contributed by atoms with Crippen molar-refractivity contribution in [1.29, 1.82) is 5.26 Å². The molecule has 4 heteroatoms. The van der Waals surface area contributed by atoms with Gasteiger partial charge in [0.2, 0.25) is 0 Å². The fraction of sp³-hybridized carbons (Fsp3) is 0.350. The number of piperidine rings is 1. The quantitative estimate of drug-likeness (QED) is 0.934. The first-order valence-electron chi connectivity index (χ1n) is 8.31. The van der Waals surface area contributed by atoms with Gasteiger partial charge in [0.25, 0.3) is 0 Å². The summed E-state index contributed by atoms with van der Waals surface area (Å²) in [5, 5.41) is 19.3. The fourth-order valence-electron chi connectivity index (χ4n) is 3.34. The minimum atomic E-state index is -0.431. The van der Waals surface area contributed by atoms with Crippen molar-refractivity contribution in [1.82, 2.24) is 4.90 Å². The Balaban J connectivity index is 1.57. The summed E-state index contributed by atoms with van der Waals surface area (Å²) in [6.07, 6.45) is 1.36. The normalized spacial score (nSPS) is 17.4. The van der Waals surface area contributed by atoms with Crippen molar-refractivity contribution < 1.29 is 9.50 Å². The van der Waals surface area contributed by atoms with Crippen LogP contribution in [0.2, 0.25) is 0 Å². The molecule has 24 heavy (non-hydrogen) atoms.